The molecule has 2 aromatic rings. The first kappa shape index (κ1) is 26.5. The number of pyridine rings is 2. The van der Waals surface area contributed by atoms with Crippen molar-refractivity contribution in [1.29, 1.82) is 0 Å². The van der Waals surface area contributed by atoms with Gasteiger partial charge in [0.2, 0.25) is 0 Å². The van der Waals surface area contributed by atoms with Crippen molar-refractivity contribution in [3.05, 3.63) is 46.8 Å². The van der Waals surface area contributed by atoms with Crippen LogP contribution in [0.5, 0.6) is 0 Å². The van der Waals surface area contributed by atoms with E-state index in [2.05, 4.69) is 9.97 Å². The monoisotopic (exact) mass is 456 g/mol. The molecule has 0 saturated heterocycles. The van der Waals surface area contributed by atoms with E-state index in [1.165, 1.54) is 0 Å². The summed E-state index contributed by atoms with van der Waals surface area (Å²) in [6.45, 7) is 12.7. The van der Waals surface area contributed by atoms with Gasteiger partial charge in [-0.15, -0.1) is 0 Å². The molecule has 2 heterocycles. The van der Waals surface area contributed by atoms with Crippen LogP contribution in [0.1, 0.15) is 76.9 Å². The molecule has 180 valence electrons. The Morgan fingerprint density at radius 2 is 1.24 bits per heavy atom. The Hall–Kier alpha value is -2.80. The summed E-state index contributed by atoms with van der Waals surface area (Å²) in [5.41, 5.74) is 3.36. The Labute approximate surface area is 196 Å². The van der Waals surface area contributed by atoms with Gasteiger partial charge in [0.25, 0.3) is 0 Å². The fourth-order valence-corrected chi connectivity index (χ4v) is 3.30. The molecule has 0 saturated carbocycles. The maximum absolute atomic E-state index is 12.1. The van der Waals surface area contributed by atoms with Gasteiger partial charge < -0.3 is 14.6 Å². The molecule has 0 fully saturated rings. The van der Waals surface area contributed by atoms with Crippen LogP contribution in [0.25, 0.3) is 11.4 Å². The fraction of sp³-hybridized carbons (Fsp3) is 0.538. The highest BCUT2D eigenvalue weighted by Gasteiger charge is 2.18. The molecular formula is C26H36N2O5. The van der Waals surface area contributed by atoms with Crippen molar-refractivity contribution in [2.75, 3.05) is 0 Å². The van der Waals surface area contributed by atoms with Gasteiger partial charge in [-0.3, -0.25) is 14.6 Å². The fourth-order valence-electron chi connectivity index (χ4n) is 3.30. The minimum Gasteiger partial charge on any atom is -0.460 e. The highest BCUT2D eigenvalue weighted by Crippen LogP contribution is 2.22. The van der Waals surface area contributed by atoms with Gasteiger partial charge >= 0.3 is 11.9 Å². The number of carbonyl (C=O) groups is 2. The number of rotatable bonds is 8. The summed E-state index contributed by atoms with van der Waals surface area (Å²) in [5, 5.41) is 9.69. The van der Waals surface area contributed by atoms with Gasteiger partial charge in [0.15, 0.2) is 0 Å². The predicted molar refractivity (Wildman–Crippen MR) is 126 cm³/mol. The zero-order chi connectivity index (χ0) is 24.8. The van der Waals surface area contributed by atoms with Crippen LogP contribution in [0.4, 0.5) is 0 Å². The number of nitrogens with zero attached hydrogens (tertiary/aromatic N) is 2. The summed E-state index contributed by atoms with van der Waals surface area (Å²) in [7, 11) is 0. The maximum Gasteiger partial charge on any atom is 0.306 e. The van der Waals surface area contributed by atoms with Crippen LogP contribution in [0.2, 0.25) is 0 Å². The van der Waals surface area contributed by atoms with Crippen LogP contribution in [0.3, 0.4) is 0 Å². The summed E-state index contributed by atoms with van der Waals surface area (Å²) < 4.78 is 10.8. The lowest BCUT2D eigenvalue weighted by molar-refractivity contribution is -0.155. The SMILES string of the molecule is Cc1cc(CCC(=O)OC(C)(C)C)cc(-c2cc(CCC(=O)OC(C)(C)C)cc(CO)n2)n1. The Morgan fingerprint density at radius 3 is 1.70 bits per heavy atom. The van der Waals surface area contributed by atoms with Crippen molar-refractivity contribution in [3.8, 4) is 11.4 Å². The third-order valence-electron chi connectivity index (χ3n) is 4.45. The molecule has 0 radical (unpaired) electrons. The molecule has 0 aliphatic rings. The van der Waals surface area contributed by atoms with E-state index in [1.807, 2.05) is 66.7 Å². The van der Waals surface area contributed by atoms with E-state index in [-0.39, 0.29) is 31.4 Å². The minimum absolute atomic E-state index is 0.218. The third kappa shape index (κ3) is 9.70. The molecule has 7 nitrogen and oxygen atoms in total. The number of aliphatic hydroxyl groups excluding tert-OH is 1. The molecule has 2 aromatic heterocycles. The van der Waals surface area contributed by atoms with Gasteiger partial charge in [-0.2, -0.15) is 0 Å². The summed E-state index contributed by atoms with van der Waals surface area (Å²) in [6, 6.07) is 7.50. The van der Waals surface area contributed by atoms with Gasteiger partial charge in [0, 0.05) is 18.5 Å². The number of aryl methyl sites for hydroxylation is 3. The highest BCUT2D eigenvalue weighted by molar-refractivity contribution is 5.71. The molecule has 33 heavy (non-hydrogen) atoms. The van der Waals surface area contributed by atoms with Gasteiger partial charge in [-0.25, -0.2) is 4.98 Å². The Morgan fingerprint density at radius 1 is 0.788 bits per heavy atom. The number of ether oxygens (including phenoxy) is 2. The molecule has 0 aliphatic carbocycles. The number of aromatic nitrogens is 2. The van der Waals surface area contributed by atoms with E-state index < -0.39 is 11.2 Å². The standard InChI is InChI=1S/C26H36N2O5/c1-17-12-18(8-10-23(30)32-25(2,3)4)14-21(27-17)22-15-19(13-20(16-29)28-22)9-11-24(31)33-26(5,6)7/h12-15,29H,8-11,16H2,1-7H3. The lowest BCUT2D eigenvalue weighted by Crippen LogP contribution is -2.24. The van der Waals surface area contributed by atoms with Gasteiger partial charge in [-0.05, 0) is 96.7 Å². The molecule has 7 heteroatoms. The number of hydrogen-bond donors (Lipinski definition) is 1. The first-order chi connectivity index (χ1) is 15.2. The van der Waals surface area contributed by atoms with E-state index in [1.54, 1.807) is 6.07 Å². The number of esters is 2. The van der Waals surface area contributed by atoms with Crippen molar-refractivity contribution >= 4 is 11.9 Å². The minimum atomic E-state index is -0.530. The van der Waals surface area contributed by atoms with Crippen molar-refractivity contribution in [2.24, 2.45) is 0 Å². The average molecular weight is 457 g/mol. The Bertz CT molecular complexity index is 987. The largest absolute Gasteiger partial charge is 0.460 e. The van der Waals surface area contributed by atoms with E-state index >= 15 is 0 Å². The van der Waals surface area contributed by atoms with Crippen molar-refractivity contribution in [3.63, 3.8) is 0 Å². The van der Waals surface area contributed by atoms with E-state index in [0.29, 0.717) is 29.9 Å². The lowest BCUT2D eigenvalue weighted by Gasteiger charge is -2.19. The molecular weight excluding hydrogens is 420 g/mol. The second kappa shape index (κ2) is 10.9. The molecule has 0 bridgehead atoms. The van der Waals surface area contributed by atoms with Crippen molar-refractivity contribution in [1.82, 2.24) is 9.97 Å². The zero-order valence-corrected chi connectivity index (χ0v) is 20.8. The number of hydrogen-bond acceptors (Lipinski definition) is 7. The second-order valence-corrected chi connectivity index (χ2v) is 10.2. The molecule has 1 N–H and O–H groups in total. The van der Waals surface area contributed by atoms with Gasteiger partial charge in [-0.1, -0.05) is 0 Å². The van der Waals surface area contributed by atoms with E-state index in [9.17, 15) is 14.7 Å². The molecule has 0 aromatic carbocycles. The average Bonchev–Trinajstić information content (AvgIpc) is 2.67. The molecule has 0 aliphatic heterocycles. The van der Waals surface area contributed by atoms with E-state index in [0.717, 1.165) is 16.8 Å². The normalized spacial score (nSPS) is 11.9. The summed E-state index contributed by atoms with van der Waals surface area (Å²) in [5.74, 6) is -0.520. The van der Waals surface area contributed by atoms with Crippen LogP contribution >= 0.6 is 0 Å². The quantitative estimate of drug-likeness (QED) is 0.584. The van der Waals surface area contributed by atoms with Crippen LogP contribution < -0.4 is 0 Å². The number of carbonyl (C=O) groups excluding carboxylic acids is 2. The van der Waals surface area contributed by atoms with Crippen LogP contribution in [-0.2, 0) is 38.5 Å². The molecule has 0 amide bonds. The second-order valence-electron chi connectivity index (χ2n) is 10.2. The van der Waals surface area contributed by atoms with E-state index in [4.69, 9.17) is 9.47 Å². The summed E-state index contributed by atoms with van der Waals surface area (Å²) >= 11 is 0. The van der Waals surface area contributed by atoms with Crippen molar-refractivity contribution in [2.45, 2.75) is 92.0 Å². The Balaban J connectivity index is 2.20. The van der Waals surface area contributed by atoms with Crippen LogP contribution in [0, 0.1) is 6.92 Å². The van der Waals surface area contributed by atoms with Gasteiger partial charge in [0.05, 0.1) is 23.7 Å². The highest BCUT2D eigenvalue weighted by atomic mass is 16.6. The lowest BCUT2D eigenvalue weighted by atomic mass is 10.0. The number of aliphatic hydroxyl groups is 1. The van der Waals surface area contributed by atoms with Crippen LogP contribution in [-0.4, -0.2) is 38.2 Å². The molecule has 0 atom stereocenters. The predicted octanol–water partition coefficient (Wildman–Crippen LogP) is 4.49. The van der Waals surface area contributed by atoms with Crippen molar-refractivity contribution < 1.29 is 24.2 Å². The topological polar surface area (TPSA) is 98.6 Å². The first-order valence-electron chi connectivity index (χ1n) is 11.3. The summed E-state index contributed by atoms with van der Waals surface area (Å²) in [6.07, 6.45) is 1.49. The summed E-state index contributed by atoms with van der Waals surface area (Å²) in [4.78, 5) is 33.3. The zero-order valence-electron chi connectivity index (χ0n) is 20.8. The van der Waals surface area contributed by atoms with Crippen LogP contribution in [0.15, 0.2) is 24.3 Å². The van der Waals surface area contributed by atoms with Gasteiger partial charge in [0.1, 0.15) is 11.2 Å². The Kier molecular flexibility index (Phi) is 8.72. The molecule has 0 unspecified atom stereocenters. The first-order valence-corrected chi connectivity index (χ1v) is 11.3. The molecule has 0 spiro atoms. The molecule has 2 rings (SSSR count). The smallest absolute Gasteiger partial charge is 0.306 e. The maximum atomic E-state index is 12.1. The third-order valence-corrected chi connectivity index (χ3v) is 4.45.